The molecule has 206 valence electrons. The number of nitrogens with one attached hydrogen (secondary N) is 1. The van der Waals surface area contributed by atoms with E-state index >= 15 is 0 Å². The molecule has 10 heteroatoms. The fourth-order valence-corrected chi connectivity index (χ4v) is 5.52. The van der Waals surface area contributed by atoms with Gasteiger partial charge in [-0.15, -0.1) is 0 Å². The van der Waals surface area contributed by atoms with E-state index in [1.54, 1.807) is 11.8 Å². The van der Waals surface area contributed by atoms with Crippen LogP contribution >= 0.6 is 0 Å². The second kappa shape index (κ2) is 12.3. The Morgan fingerprint density at radius 1 is 1.22 bits per heavy atom. The summed E-state index contributed by atoms with van der Waals surface area (Å²) in [7, 11) is 2.10. The Morgan fingerprint density at radius 2 is 1.95 bits per heavy atom. The highest BCUT2D eigenvalue weighted by atomic mass is 19.4. The van der Waals surface area contributed by atoms with Gasteiger partial charge in [-0.25, -0.2) is 0 Å². The van der Waals surface area contributed by atoms with Gasteiger partial charge in [-0.05, 0) is 84.0 Å². The highest BCUT2D eigenvalue weighted by molar-refractivity contribution is 5.98. The van der Waals surface area contributed by atoms with Gasteiger partial charge >= 0.3 is 12.1 Å². The molecule has 1 aromatic carbocycles. The Morgan fingerprint density at radius 3 is 2.59 bits per heavy atom. The first-order valence-corrected chi connectivity index (χ1v) is 13.1. The zero-order chi connectivity index (χ0) is 27.3. The van der Waals surface area contributed by atoms with Gasteiger partial charge in [0.2, 0.25) is 5.91 Å². The number of esters is 1. The number of rotatable bonds is 9. The number of alkyl halides is 3. The molecule has 1 aromatic rings. The Kier molecular flexibility index (Phi) is 9.61. The molecule has 0 aromatic heterocycles. The van der Waals surface area contributed by atoms with Crippen molar-refractivity contribution in [3.63, 3.8) is 0 Å². The van der Waals surface area contributed by atoms with Gasteiger partial charge in [-0.1, -0.05) is 6.07 Å². The lowest BCUT2D eigenvalue weighted by molar-refractivity contribution is -0.143. The summed E-state index contributed by atoms with van der Waals surface area (Å²) in [6, 6.07) is 4.06. The summed E-state index contributed by atoms with van der Waals surface area (Å²) in [5.74, 6) is -1.07. The molecule has 1 unspecified atom stereocenters. The van der Waals surface area contributed by atoms with Crippen molar-refractivity contribution in [2.24, 2.45) is 5.92 Å². The number of nitrogens with zero attached hydrogens (tertiary/aromatic N) is 2. The van der Waals surface area contributed by atoms with Crippen LogP contribution in [0.5, 0.6) is 0 Å². The SMILES string of the molecule is CCOC(=O)CC[C@H]1CC(N(C)C(C)C)CC[C@@H]1N1CC[C@H](NC(=O)c2cccc(C(F)(F)F)c2)C1=O. The van der Waals surface area contributed by atoms with Gasteiger partial charge in [-0.2, -0.15) is 13.2 Å². The number of carbonyl (C=O) groups excluding carboxylic acids is 3. The lowest BCUT2D eigenvalue weighted by Gasteiger charge is -2.44. The van der Waals surface area contributed by atoms with E-state index in [0.29, 0.717) is 38.1 Å². The van der Waals surface area contributed by atoms with E-state index < -0.39 is 23.7 Å². The first-order valence-electron chi connectivity index (χ1n) is 13.1. The number of likely N-dealkylation sites (tertiary alicyclic amines) is 1. The lowest BCUT2D eigenvalue weighted by atomic mass is 9.77. The maximum Gasteiger partial charge on any atom is 0.416 e. The summed E-state index contributed by atoms with van der Waals surface area (Å²) >= 11 is 0. The molecular weight excluding hydrogens is 487 g/mol. The fourth-order valence-electron chi connectivity index (χ4n) is 5.52. The van der Waals surface area contributed by atoms with E-state index in [9.17, 15) is 27.6 Å². The Balaban J connectivity index is 1.69. The zero-order valence-corrected chi connectivity index (χ0v) is 22.0. The third-order valence-electron chi connectivity index (χ3n) is 7.73. The first kappa shape index (κ1) is 28.9. The molecule has 37 heavy (non-hydrogen) atoms. The Bertz CT molecular complexity index is 968. The summed E-state index contributed by atoms with van der Waals surface area (Å²) in [6.45, 7) is 6.83. The summed E-state index contributed by atoms with van der Waals surface area (Å²) < 4.78 is 44.2. The molecule has 1 aliphatic heterocycles. The molecule has 1 saturated carbocycles. The van der Waals surface area contributed by atoms with Crippen molar-refractivity contribution >= 4 is 17.8 Å². The van der Waals surface area contributed by atoms with Crippen LogP contribution in [0.15, 0.2) is 24.3 Å². The van der Waals surface area contributed by atoms with Crippen LogP contribution in [0.4, 0.5) is 13.2 Å². The summed E-state index contributed by atoms with van der Waals surface area (Å²) in [6.07, 6.45) is -0.724. The number of halogens is 3. The monoisotopic (exact) mass is 525 g/mol. The van der Waals surface area contributed by atoms with Gasteiger partial charge in [-0.3, -0.25) is 14.4 Å². The molecule has 3 rings (SSSR count). The van der Waals surface area contributed by atoms with Crippen LogP contribution in [-0.2, 0) is 20.5 Å². The van der Waals surface area contributed by atoms with Gasteiger partial charge in [0.1, 0.15) is 6.04 Å². The van der Waals surface area contributed by atoms with Crippen molar-refractivity contribution in [1.82, 2.24) is 15.1 Å². The smallest absolute Gasteiger partial charge is 0.416 e. The van der Waals surface area contributed by atoms with Gasteiger partial charge in [0, 0.05) is 36.7 Å². The van der Waals surface area contributed by atoms with E-state index in [4.69, 9.17) is 4.74 Å². The molecule has 0 radical (unpaired) electrons. The van der Waals surface area contributed by atoms with Gasteiger partial charge < -0.3 is 19.9 Å². The molecule has 1 saturated heterocycles. The van der Waals surface area contributed by atoms with Gasteiger partial charge in [0.05, 0.1) is 12.2 Å². The molecular formula is C27H38F3N3O4. The second-order valence-electron chi connectivity index (χ2n) is 10.3. The van der Waals surface area contributed by atoms with Crippen molar-refractivity contribution < 1.29 is 32.3 Å². The first-order chi connectivity index (χ1) is 17.4. The van der Waals surface area contributed by atoms with Crippen LogP contribution < -0.4 is 5.32 Å². The quantitative estimate of drug-likeness (QED) is 0.488. The third kappa shape index (κ3) is 7.24. The molecule has 7 nitrogen and oxygen atoms in total. The van der Waals surface area contributed by atoms with Crippen molar-refractivity contribution in [3.05, 3.63) is 35.4 Å². The Hall–Kier alpha value is -2.62. The number of carbonyl (C=O) groups is 3. The standard InChI is InChI=1S/C27H38F3N3O4/c1-5-37-24(34)12-9-18-16-21(32(4)17(2)3)10-11-23(18)33-14-13-22(26(33)36)31-25(35)19-7-6-8-20(15-19)27(28,29)30/h6-8,15,17-18,21-23H,5,9-14,16H2,1-4H3,(H,31,35)/t18-,21?,22-,23-/m0/s1. The largest absolute Gasteiger partial charge is 0.466 e. The topological polar surface area (TPSA) is 79.0 Å². The van der Waals surface area contributed by atoms with E-state index in [1.165, 1.54) is 12.1 Å². The van der Waals surface area contributed by atoms with Crippen LogP contribution in [0.3, 0.4) is 0 Å². The number of amides is 2. The van der Waals surface area contributed by atoms with E-state index in [0.717, 1.165) is 31.4 Å². The molecule has 2 aliphatic rings. The maximum absolute atomic E-state index is 13.3. The highest BCUT2D eigenvalue weighted by Crippen LogP contribution is 2.36. The summed E-state index contributed by atoms with van der Waals surface area (Å²) in [4.78, 5) is 42.2. The minimum Gasteiger partial charge on any atom is -0.466 e. The van der Waals surface area contributed by atoms with Crippen LogP contribution in [0.2, 0.25) is 0 Å². The van der Waals surface area contributed by atoms with E-state index in [-0.39, 0.29) is 35.8 Å². The van der Waals surface area contributed by atoms with Crippen LogP contribution in [-0.4, -0.2) is 72.0 Å². The summed E-state index contributed by atoms with van der Waals surface area (Å²) in [5, 5.41) is 2.64. The number of benzene rings is 1. The van der Waals surface area contributed by atoms with Crippen molar-refractivity contribution in [3.8, 4) is 0 Å². The fraction of sp³-hybridized carbons (Fsp3) is 0.667. The average Bonchev–Trinajstić information content (AvgIpc) is 3.21. The number of ether oxygens (including phenoxy) is 1. The predicted octanol–water partition coefficient (Wildman–Crippen LogP) is 4.26. The molecule has 1 aliphatic carbocycles. The number of hydrogen-bond acceptors (Lipinski definition) is 5. The molecule has 1 N–H and O–H groups in total. The Labute approximate surface area is 216 Å². The van der Waals surface area contributed by atoms with E-state index in [1.807, 2.05) is 0 Å². The summed E-state index contributed by atoms with van der Waals surface area (Å²) in [5.41, 5.74) is -1.04. The van der Waals surface area contributed by atoms with E-state index in [2.05, 4.69) is 31.1 Å². The lowest BCUT2D eigenvalue weighted by Crippen LogP contribution is -2.51. The zero-order valence-electron chi connectivity index (χ0n) is 22.0. The second-order valence-corrected chi connectivity index (χ2v) is 10.3. The molecule has 1 heterocycles. The van der Waals surface area contributed by atoms with Crippen molar-refractivity contribution in [2.75, 3.05) is 20.2 Å². The van der Waals surface area contributed by atoms with Crippen LogP contribution in [0.1, 0.15) is 75.2 Å². The predicted molar refractivity (Wildman–Crippen MR) is 133 cm³/mol. The maximum atomic E-state index is 13.3. The average molecular weight is 526 g/mol. The van der Waals surface area contributed by atoms with Crippen molar-refractivity contribution in [1.29, 1.82) is 0 Å². The minimum absolute atomic E-state index is 0.0609. The van der Waals surface area contributed by atoms with Crippen LogP contribution in [0, 0.1) is 5.92 Å². The molecule has 4 atom stereocenters. The molecule has 0 spiro atoms. The number of hydrogen-bond donors (Lipinski definition) is 1. The van der Waals surface area contributed by atoms with Gasteiger partial charge in [0.25, 0.3) is 5.91 Å². The van der Waals surface area contributed by atoms with Crippen molar-refractivity contribution in [2.45, 2.75) is 89.6 Å². The van der Waals surface area contributed by atoms with Gasteiger partial charge in [0.15, 0.2) is 0 Å². The molecule has 2 amide bonds. The molecule has 2 fully saturated rings. The van der Waals surface area contributed by atoms with Crippen LogP contribution in [0.25, 0.3) is 0 Å². The third-order valence-corrected chi connectivity index (χ3v) is 7.73. The molecule has 0 bridgehead atoms. The highest BCUT2D eigenvalue weighted by Gasteiger charge is 2.43. The normalized spacial score (nSPS) is 24.6. The minimum atomic E-state index is -4.56.